The minimum atomic E-state index is -2.88. The number of nitrogens with zero attached hydrogens (tertiary/aromatic N) is 3. The van der Waals surface area contributed by atoms with Gasteiger partial charge in [0.2, 0.25) is 5.95 Å². The van der Waals surface area contributed by atoms with Crippen molar-refractivity contribution >= 4 is 21.6 Å². The van der Waals surface area contributed by atoms with Gasteiger partial charge >= 0.3 is 0 Å². The Morgan fingerprint density at radius 3 is 2.67 bits per heavy atom. The van der Waals surface area contributed by atoms with Crippen LogP contribution in [0, 0.1) is 6.92 Å². The van der Waals surface area contributed by atoms with Crippen molar-refractivity contribution in [3.8, 4) is 0 Å². The molecule has 0 amide bonds. The fourth-order valence-corrected chi connectivity index (χ4v) is 4.67. The van der Waals surface area contributed by atoms with E-state index < -0.39 is 9.84 Å². The SMILES string of the molecule is Cc1cc(N2CCCCC2)nc(NC2CCS(=O)(=O)C2)n1. The first-order valence-corrected chi connectivity index (χ1v) is 9.42. The lowest BCUT2D eigenvalue weighted by Gasteiger charge is -2.28. The Morgan fingerprint density at radius 1 is 1.24 bits per heavy atom. The molecule has 2 saturated heterocycles. The van der Waals surface area contributed by atoms with E-state index in [4.69, 9.17) is 0 Å². The van der Waals surface area contributed by atoms with Crippen molar-refractivity contribution in [2.24, 2.45) is 0 Å². The van der Waals surface area contributed by atoms with Gasteiger partial charge in [-0.1, -0.05) is 0 Å². The summed E-state index contributed by atoms with van der Waals surface area (Å²) >= 11 is 0. The van der Waals surface area contributed by atoms with Gasteiger partial charge in [0.05, 0.1) is 11.5 Å². The Morgan fingerprint density at radius 2 is 2.00 bits per heavy atom. The number of hydrogen-bond acceptors (Lipinski definition) is 6. The van der Waals surface area contributed by atoms with Crippen molar-refractivity contribution in [1.82, 2.24) is 9.97 Å². The fourth-order valence-electron chi connectivity index (χ4n) is 2.99. The van der Waals surface area contributed by atoms with Crippen LogP contribution in [0.15, 0.2) is 6.07 Å². The van der Waals surface area contributed by atoms with Gasteiger partial charge in [-0.3, -0.25) is 0 Å². The monoisotopic (exact) mass is 310 g/mol. The van der Waals surface area contributed by atoms with E-state index in [-0.39, 0.29) is 17.5 Å². The molecule has 1 atom stereocenters. The summed E-state index contributed by atoms with van der Waals surface area (Å²) in [7, 11) is -2.88. The van der Waals surface area contributed by atoms with E-state index in [1.807, 2.05) is 13.0 Å². The van der Waals surface area contributed by atoms with Crippen LogP contribution in [0.5, 0.6) is 0 Å². The number of aryl methyl sites for hydroxylation is 1. The normalized spacial score (nSPS) is 25.0. The van der Waals surface area contributed by atoms with Crippen LogP contribution in [0.1, 0.15) is 31.4 Å². The van der Waals surface area contributed by atoms with Crippen LogP contribution in [0.3, 0.4) is 0 Å². The number of piperidine rings is 1. The number of rotatable bonds is 3. The maximum atomic E-state index is 11.5. The second kappa shape index (κ2) is 5.79. The molecule has 0 spiro atoms. The van der Waals surface area contributed by atoms with Gasteiger partial charge in [-0.15, -0.1) is 0 Å². The number of aromatic nitrogens is 2. The molecule has 6 nitrogen and oxygen atoms in total. The molecule has 116 valence electrons. The summed E-state index contributed by atoms with van der Waals surface area (Å²) in [5.41, 5.74) is 0.911. The first-order chi connectivity index (χ1) is 10.0. The molecule has 21 heavy (non-hydrogen) atoms. The van der Waals surface area contributed by atoms with E-state index in [1.165, 1.54) is 19.3 Å². The Hall–Kier alpha value is -1.37. The molecular weight excluding hydrogens is 288 g/mol. The molecule has 2 aliphatic heterocycles. The van der Waals surface area contributed by atoms with Gasteiger partial charge < -0.3 is 10.2 Å². The van der Waals surface area contributed by atoms with E-state index in [2.05, 4.69) is 20.2 Å². The molecule has 0 aliphatic carbocycles. The summed E-state index contributed by atoms with van der Waals surface area (Å²) in [5, 5.41) is 3.19. The summed E-state index contributed by atoms with van der Waals surface area (Å²) in [6.45, 7) is 4.02. The summed E-state index contributed by atoms with van der Waals surface area (Å²) in [5.74, 6) is 1.95. The van der Waals surface area contributed by atoms with Gasteiger partial charge in [0.1, 0.15) is 5.82 Å². The van der Waals surface area contributed by atoms with Gasteiger partial charge in [0.15, 0.2) is 9.84 Å². The molecule has 1 aromatic heterocycles. The number of sulfone groups is 1. The minimum absolute atomic E-state index is 0.0639. The van der Waals surface area contributed by atoms with E-state index in [9.17, 15) is 8.42 Å². The summed E-state index contributed by atoms with van der Waals surface area (Å²) in [4.78, 5) is 11.3. The fraction of sp³-hybridized carbons (Fsp3) is 0.714. The molecule has 2 aliphatic rings. The predicted octanol–water partition coefficient (Wildman–Crippen LogP) is 1.37. The second-order valence-corrected chi connectivity index (χ2v) is 8.21. The van der Waals surface area contributed by atoms with Crippen LogP contribution in [-0.4, -0.2) is 49.0 Å². The lowest BCUT2D eigenvalue weighted by Crippen LogP contribution is -2.31. The van der Waals surface area contributed by atoms with Gasteiger partial charge in [-0.25, -0.2) is 13.4 Å². The molecular formula is C14H22N4O2S. The minimum Gasteiger partial charge on any atom is -0.356 e. The average Bonchev–Trinajstić information content (AvgIpc) is 2.78. The van der Waals surface area contributed by atoms with Crippen LogP contribution < -0.4 is 10.2 Å². The van der Waals surface area contributed by atoms with Crippen molar-refractivity contribution in [2.75, 3.05) is 34.8 Å². The van der Waals surface area contributed by atoms with Gasteiger partial charge in [-0.05, 0) is 32.6 Å². The topological polar surface area (TPSA) is 75.2 Å². The second-order valence-electron chi connectivity index (χ2n) is 5.98. The Labute approximate surface area is 125 Å². The average molecular weight is 310 g/mol. The lowest BCUT2D eigenvalue weighted by molar-refractivity contribution is 0.573. The van der Waals surface area contributed by atoms with E-state index >= 15 is 0 Å². The number of nitrogens with one attached hydrogen (secondary N) is 1. The van der Waals surface area contributed by atoms with Crippen LogP contribution in [0.4, 0.5) is 11.8 Å². The zero-order chi connectivity index (χ0) is 14.9. The molecule has 0 saturated carbocycles. The molecule has 2 fully saturated rings. The van der Waals surface area contributed by atoms with E-state index in [0.717, 1.165) is 24.6 Å². The predicted molar refractivity (Wildman–Crippen MR) is 83.5 cm³/mol. The molecule has 0 radical (unpaired) electrons. The highest BCUT2D eigenvalue weighted by molar-refractivity contribution is 7.91. The van der Waals surface area contributed by atoms with Crippen LogP contribution in [0.25, 0.3) is 0 Å². The van der Waals surface area contributed by atoms with Crippen molar-refractivity contribution in [3.05, 3.63) is 11.8 Å². The Bertz CT molecular complexity index is 611. The number of anilines is 2. The standard InChI is InChI=1S/C14H22N4O2S/c1-11-9-13(18-6-3-2-4-7-18)17-14(15-11)16-12-5-8-21(19,20)10-12/h9,12H,2-8,10H2,1H3,(H,15,16,17). The summed E-state index contributed by atoms with van der Waals surface area (Å²) in [6.07, 6.45) is 4.32. The van der Waals surface area contributed by atoms with Crippen LogP contribution in [-0.2, 0) is 9.84 Å². The highest BCUT2D eigenvalue weighted by Crippen LogP contribution is 2.21. The van der Waals surface area contributed by atoms with Crippen molar-refractivity contribution < 1.29 is 8.42 Å². The summed E-state index contributed by atoms with van der Waals surface area (Å²) < 4.78 is 23.0. The maximum Gasteiger partial charge on any atom is 0.225 e. The smallest absolute Gasteiger partial charge is 0.225 e. The molecule has 1 aromatic rings. The Balaban J connectivity index is 1.75. The molecule has 3 rings (SSSR count). The number of hydrogen-bond donors (Lipinski definition) is 1. The highest BCUT2D eigenvalue weighted by atomic mass is 32.2. The highest BCUT2D eigenvalue weighted by Gasteiger charge is 2.28. The molecule has 3 heterocycles. The van der Waals surface area contributed by atoms with Crippen LogP contribution >= 0.6 is 0 Å². The quantitative estimate of drug-likeness (QED) is 0.909. The van der Waals surface area contributed by atoms with Gasteiger partial charge in [0.25, 0.3) is 0 Å². The third-order valence-electron chi connectivity index (χ3n) is 4.09. The zero-order valence-electron chi connectivity index (χ0n) is 12.4. The third kappa shape index (κ3) is 3.64. The molecule has 0 bridgehead atoms. The lowest BCUT2D eigenvalue weighted by atomic mass is 10.1. The zero-order valence-corrected chi connectivity index (χ0v) is 13.2. The molecule has 1 unspecified atom stereocenters. The van der Waals surface area contributed by atoms with E-state index in [0.29, 0.717) is 12.4 Å². The first kappa shape index (κ1) is 14.6. The van der Waals surface area contributed by atoms with Crippen molar-refractivity contribution in [1.29, 1.82) is 0 Å². The molecule has 0 aromatic carbocycles. The third-order valence-corrected chi connectivity index (χ3v) is 5.85. The largest absolute Gasteiger partial charge is 0.356 e. The van der Waals surface area contributed by atoms with Crippen LogP contribution in [0.2, 0.25) is 0 Å². The Kier molecular flexibility index (Phi) is 4.01. The van der Waals surface area contributed by atoms with Gasteiger partial charge in [-0.2, -0.15) is 4.98 Å². The molecule has 1 N–H and O–H groups in total. The summed E-state index contributed by atoms with van der Waals surface area (Å²) in [6, 6.07) is 1.94. The van der Waals surface area contributed by atoms with Gasteiger partial charge in [0, 0.05) is 30.9 Å². The van der Waals surface area contributed by atoms with E-state index in [1.54, 1.807) is 0 Å². The maximum absolute atomic E-state index is 11.5. The molecule has 7 heteroatoms. The first-order valence-electron chi connectivity index (χ1n) is 7.59. The van der Waals surface area contributed by atoms with Crippen molar-refractivity contribution in [3.63, 3.8) is 0 Å². The van der Waals surface area contributed by atoms with Crippen molar-refractivity contribution in [2.45, 2.75) is 38.6 Å².